The van der Waals surface area contributed by atoms with Crippen molar-refractivity contribution in [1.29, 1.82) is 0 Å². The highest BCUT2D eigenvalue weighted by Gasteiger charge is 2.17. The third-order valence-corrected chi connectivity index (χ3v) is 1.79. The highest BCUT2D eigenvalue weighted by atomic mass is 16.5. The summed E-state index contributed by atoms with van der Waals surface area (Å²) in [5.41, 5.74) is 0.330. The van der Waals surface area contributed by atoms with E-state index >= 15 is 0 Å². The third-order valence-electron chi connectivity index (χ3n) is 1.79. The monoisotopic (exact) mass is 196 g/mol. The largest absolute Gasteiger partial charge is 0.497 e. The van der Waals surface area contributed by atoms with E-state index < -0.39 is 7.12 Å². The first-order chi connectivity index (χ1) is 6.69. The van der Waals surface area contributed by atoms with Crippen molar-refractivity contribution in [2.24, 2.45) is 0 Å². The molecule has 0 aliphatic heterocycles. The average Bonchev–Trinajstić information content (AvgIpc) is 2.17. The second-order valence-electron chi connectivity index (χ2n) is 2.71. The van der Waals surface area contributed by atoms with E-state index in [-0.39, 0.29) is 0 Å². The van der Waals surface area contributed by atoms with Crippen LogP contribution in [0.1, 0.15) is 6.92 Å². The lowest BCUT2D eigenvalue weighted by Crippen LogP contribution is -2.31. The van der Waals surface area contributed by atoms with Gasteiger partial charge in [-0.2, -0.15) is 0 Å². The van der Waals surface area contributed by atoms with Gasteiger partial charge in [0.2, 0.25) is 0 Å². The van der Waals surface area contributed by atoms with Gasteiger partial charge in [0.05, 0.1) is 13.7 Å². The van der Waals surface area contributed by atoms with Gasteiger partial charge in [-0.3, -0.25) is 0 Å². The van der Waals surface area contributed by atoms with Crippen molar-refractivity contribution in [1.82, 2.24) is 0 Å². The van der Waals surface area contributed by atoms with Crippen LogP contribution in [0.25, 0.3) is 0 Å². The van der Waals surface area contributed by atoms with Gasteiger partial charge in [-0.25, -0.2) is 0 Å². The maximum absolute atomic E-state index is 8.99. The van der Waals surface area contributed by atoms with Crippen LogP contribution in [0.5, 0.6) is 11.5 Å². The molecule has 5 heteroatoms. The van der Waals surface area contributed by atoms with Crippen LogP contribution in [-0.2, 0) is 0 Å². The minimum absolute atomic E-state index is 0.330. The summed E-state index contributed by atoms with van der Waals surface area (Å²) in [7, 11) is -0.0580. The summed E-state index contributed by atoms with van der Waals surface area (Å²) in [5, 5.41) is 18.0. The molecule has 0 aliphatic carbocycles. The van der Waals surface area contributed by atoms with Gasteiger partial charge in [-0.05, 0) is 13.0 Å². The predicted octanol–water partition coefficient (Wildman–Crippen LogP) is -0.226. The van der Waals surface area contributed by atoms with Crippen molar-refractivity contribution in [3.05, 3.63) is 18.2 Å². The summed E-state index contributed by atoms with van der Waals surface area (Å²) in [4.78, 5) is 0. The second-order valence-corrected chi connectivity index (χ2v) is 2.71. The molecule has 0 aromatic heterocycles. The Morgan fingerprint density at radius 1 is 1.36 bits per heavy atom. The number of ether oxygens (including phenoxy) is 2. The molecule has 4 nitrogen and oxygen atoms in total. The van der Waals surface area contributed by atoms with Crippen LogP contribution >= 0.6 is 0 Å². The predicted molar refractivity (Wildman–Crippen MR) is 54.0 cm³/mol. The van der Waals surface area contributed by atoms with Crippen LogP contribution in [-0.4, -0.2) is 30.9 Å². The molecule has 0 radical (unpaired) electrons. The smallest absolute Gasteiger partial charge is 0.492 e. The molecule has 0 unspecified atom stereocenters. The van der Waals surface area contributed by atoms with Gasteiger partial charge < -0.3 is 19.5 Å². The lowest BCUT2D eigenvalue weighted by Gasteiger charge is -2.10. The van der Waals surface area contributed by atoms with Gasteiger partial charge in [0, 0.05) is 11.5 Å². The number of methoxy groups -OCH3 is 1. The van der Waals surface area contributed by atoms with Gasteiger partial charge in [0.25, 0.3) is 0 Å². The van der Waals surface area contributed by atoms with Crippen LogP contribution in [0, 0.1) is 0 Å². The molecule has 1 rings (SSSR count). The fourth-order valence-electron chi connectivity index (χ4n) is 1.16. The van der Waals surface area contributed by atoms with Crippen LogP contribution in [0.2, 0.25) is 0 Å². The van der Waals surface area contributed by atoms with Gasteiger partial charge >= 0.3 is 7.12 Å². The maximum atomic E-state index is 8.99. The molecular formula is C9H13BO4. The zero-order valence-corrected chi connectivity index (χ0v) is 8.23. The van der Waals surface area contributed by atoms with Crippen LogP contribution in [0.15, 0.2) is 18.2 Å². The van der Waals surface area contributed by atoms with E-state index in [0.29, 0.717) is 23.6 Å². The van der Waals surface area contributed by atoms with Crippen molar-refractivity contribution in [2.75, 3.05) is 13.7 Å². The van der Waals surface area contributed by atoms with Crippen molar-refractivity contribution >= 4 is 12.6 Å². The van der Waals surface area contributed by atoms with E-state index in [0.717, 1.165) is 0 Å². The zero-order valence-electron chi connectivity index (χ0n) is 8.23. The van der Waals surface area contributed by atoms with Crippen molar-refractivity contribution in [3.8, 4) is 11.5 Å². The molecule has 76 valence electrons. The Labute approximate surface area is 83.2 Å². The minimum Gasteiger partial charge on any atom is -0.497 e. The van der Waals surface area contributed by atoms with E-state index in [1.165, 1.54) is 7.11 Å². The van der Waals surface area contributed by atoms with E-state index in [1.807, 2.05) is 6.92 Å². The van der Waals surface area contributed by atoms with Gasteiger partial charge in [-0.1, -0.05) is 6.07 Å². The summed E-state index contributed by atoms with van der Waals surface area (Å²) in [6.07, 6.45) is 0. The summed E-state index contributed by atoms with van der Waals surface area (Å²) in [6, 6.07) is 4.85. The molecular weight excluding hydrogens is 183 g/mol. The highest BCUT2D eigenvalue weighted by molar-refractivity contribution is 6.59. The van der Waals surface area contributed by atoms with Crippen LogP contribution in [0.3, 0.4) is 0 Å². The SMILES string of the molecule is CCOc1ccc(B(O)O)c(OC)c1. The minimum atomic E-state index is -1.53. The van der Waals surface area contributed by atoms with Gasteiger partial charge in [-0.15, -0.1) is 0 Å². The lowest BCUT2D eigenvalue weighted by molar-refractivity contribution is 0.336. The molecule has 0 amide bonds. The first-order valence-corrected chi connectivity index (χ1v) is 4.36. The van der Waals surface area contributed by atoms with Gasteiger partial charge in [0.15, 0.2) is 0 Å². The van der Waals surface area contributed by atoms with Crippen LogP contribution in [0.4, 0.5) is 0 Å². The molecule has 0 aliphatic rings. The third kappa shape index (κ3) is 2.40. The Bertz CT molecular complexity index is 301. The number of hydrogen-bond acceptors (Lipinski definition) is 4. The van der Waals surface area contributed by atoms with Crippen molar-refractivity contribution in [2.45, 2.75) is 6.92 Å². The van der Waals surface area contributed by atoms with Gasteiger partial charge in [0.1, 0.15) is 11.5 Å². The lowest BCUT2D eigenvalue weighted by atomic mass is 9.79. The Morgan fingerprint density at radius 2 is 2.07 bits per heavy atom. The fraction of sp³-hybridized carbons (Fsp3) is 0.333. The van der Waals surface area contributed by atoms with E-state index in [2.05, 4.69) is 0 Å². The number of benzene rings is 1. The van der Waals surface area contributed by atoms with E-state index in [9.17, 15) is 0 Å². The molecule has 1 aromatic carbocycles. The Morgan fingerprint density at radius 3 is 2.57 bits per heavy atom. The molecule has 0 saturated carbocycles. The summed E-state index contributed by atoms with van der Waals surface area (Å²) < 4.78 is 10.2. The first kappa shape index (κ1) is 10.9. The maximum Gasteiger partial charge on any atom is 0.492 e. The molecule has 0 atom stereocenters. The standard InChI is InChI=1S/C9H13BO4/c1-3-14-7-4-5-8(10(11)12)9(6-7)13-2/h4-6,11-12H,3H2,1-2H3. The summed E-state index contributed by atoms with van der Waals surface area (Å²) in [5.74, 6) is 1.06. The van der Waals surface area contributed by atoms with Crippen molar-refractivity contribution in [3.63, 3.8) is 0 Å². The number of rotatable bonds is 4. The van der Waals surface area contributed by atoms with E-state index in [1.54, 1.807) is 18.2 Å². The normalized spacial score (nSPS) is 9.71. The summed E-state index contributed by atoms with van der Waals surface area (Å²) in [6.45, 7) is 2.44. The molecule has 0 heterocycles. The zero-order chi connectivity index (χ0) is 10.6. The Balaban J connectivity index is 2.99. The molecule has 0 saturated heterocycles. The Kier molecular flexibility index (Phi) is 3.79. The molecule has 2 N–H and O–H groups in total. The fourth-order valence-corrected chi connectivity index (χ4v) is 1.16. The molecule has 0 bridgehead atoms. The van der Waals surface area contributed by atoms with Crippen LogP contribution < -0.4 is 14.9 Å². The summed E-state index contributed by atoms with van der Waals surface area (Å²) >= 11 is 0. The first-order valence-electron chi connectivity index (χ1n) is 4.36. The molecule has 14 heavy (non-hydrogen) atoms. The average molecular weight is 196 g/mol. The molecule has 1 aromatic rings. The van der Waals surface area contributed by atoms with E-state index in [4.69, 9.17) is 19.5 Å². The second kappa shape index (κ2) is 4.88. The Hall–Kier alpha value is -1.20. The molecule has 0 fully saturated rings. The highest BCUT2D eigenvalue weighted by Crippen LogP contribution is 2.17. The topological polar surface area (TPSA) is 58.9 Å². The quantitative estimate of drug-likeness (QED) is 0.653. The molecule has 0 spiro atoms. The van der Waals surface area contributed by atoms with Crippen molar-refractivity contribution < 1.29 is 19.5 Å². The number of hydrogen-bond donors (Lipinski definition) is 2.